The average molecular weight is 268 g/mol. The van der Waals surface area contributed by atoms with Crippen LogP contribution < -0.4 is 15.4 Å². The second-order valence-electron chi connectivity index (χ2n) is 4.79. The number of para-hydroxylation sites is 1. The van der Waals surface area contributed by atoms with E-state index in [1.807, 2.05) is 54.6 Å². The molecular weight excluding hydrogens is 252 g/mol. The van der Waals surface area contributed by atoms with Crippen molar-refractivity contribution in [1.29, 1.82) is 0 Å². The van der Waals surface area contributed by atoms with E-state index in [9.17, 15) is 4.79 Å². The number of methoxy groups -OCH3 is 1. The molecule has 2 N–H and O–H groups in total. The Morgan fingerprint density at radius 2 is 1.85 bits per heavy atom. The number of β-lactam (4-membered cyclic amide) rings is 1. The zero-order valence-electron chi connectivity index (χ0n) is 11.2. The van der Waals surface area contributed by atoms with Crippen molar-refractivity contribution in [3.05, 3.63) is 60.2 Å². The number of hydrogen-bond acceptors (Lipinski definition) is 3. The van der Waals surface area contributed by atoms with Crippen molar-refractivity contribution in [1.82, 2.24) is 0 Å². The van der Waals surface area contributed by atoms with Gasteiger partial charge in [0.25, 0.3) is 0 Å². The molecular formula is C16H16N2O2. The highest BCUT2D eigenvalue weighted by Gasteiger charge is 2.46. The Balaban J connectivity index is 1.97. The summed E-state index contributed by atoms with van der Waals surface area (Å²) in [5, 5.41) is 0. The summed E-state index contributed by atoms with van der Waals surface area (Å²) in [6, 6.07) is 16.6. The molecule has 1 saturated heterocycles. The fourth-order valence-electron chi connectivity index (χ4n) is 2.57. The van der Waals surface area contributed by atoms with E-state index in [0.29, 0.717) is 0 Å². The van der Waals surface area contributed by atoms with E-state index >= 15 is 0 Å². The van der Waals surface area contributed by atoms with E-state index in [1.54, 1.807) is 12.0 Å². The fourth-order valence-corrected chi connectivity index (χ4v) is 2.57. The summed E-state index contributed by atoms with van der Waals surface area (Å²) in [5.74, 6) is 0.714. The van der Waals surface area contributed by atoms with Gasteiger partial charge >= 0.3 is 0 Å². The van der Waals surface area contributed by atoms with Crippen molar-refractivity contribution in [3.8, 4) is 5.75 Å². The molecule has 1 amide bonds. The molecule has 20 heavy (non-hydrogen) atoms. The lowest BCUT2D eigenvalue weighted by Gasteiger charge is -2.45. The summed E-state index contributed by atoms with van der Waals surface area (Å²) in [5.41, 5.74) is 7.84. The number of benzene rings is 2. The summed E-state index contributed by atoms with van der Waals surface area (Å²) >= 11 is 0. The first kappa shape index (κ1) is 12.7. The number of carbonyl (C=O) groups is 1. The van der Waals surface area contributed by atoms with E-state index in [-0.39, 0.29) is 11.9 Å². The number of anilines is 1. The number of hydrogen-bond donors (Lipinski definition) is 1. The molecule has 0 aliphatic carbocycles. The molecule has 1 aliphatic heterocycles. The maximum Gasteiger partial charge on any atom is 0.247 e. The second-order valence-corrected chi connectivity index (χ2v) is 4.79. The van der Waals surface area contributed by atoms with Gasteiger partial charge < -0.3 is 15.4 Å². The molecule has 0 aromatic heterocycles. The smallest absolute Gasteiger partial charge is 0.247 e. The molecule has 4 heteroatoms. The summed E-state index contributed by atoms with van der Waals surface area (Å²) in [4.78, 5) is 13.8. The fraction of sp³-hybridized carbons (Fsp3) is 0.188. The van der Waals surface area contributed by atoms with Gasteiger partial charge in [0.2, 0.25) is 5.91 Å². The Morgan fingerprint density at radius 1 is 1.10 bits per heavy atom. The minimum Gasteiger partial charge on any atom is -0.497 e. The second kappa shape index (κ2) is 4.98. The third-order valence-electron chi connectivity index (χ3n) is 3.61. The topological polar surface area (TPSA) is 55.6 Å². The summed E-state index contributed by atoms with van der Waals surface area (Å²) < 4.78 is 5.23. The molecule has 1 aliphatic rings. The van der Waals surface area contributed by atoms with Gasteiger partial charge in [0.1, 0.15) is 11.8 Å². The molecule has 0 radical (unpaired) electrons. The van der Waals surface area contributed by atoms with Crippen molar-refractivity contribution in [2.24, 2.45) is 5.73 Å². The van der Waals surface area contributed by atoms with Crippen LogP contribution in [0.1, 0.15) is 11.6 Å². The normalized spacial score (nSPS) is 21.5. The van der Waals surface area contributed by atoms with E-state index in [2.05, 4.69) is 0 Å². The number of nitrogens with zero attached hydrogens (tertiary/aromatic N) is 1. The molecule has 0 spiro atoms. The molecule has 102 valence electrons. The van der Waals surface area contributed by atoms with E-state index in [0.717, 1.165) is 17.0 Å². The van der Waals surface area contributed by atoms with Crippen molar-refractivity contribution in [2.45, 2.75) is 12.1 Å². The van der Waals surface area contributed by atoms with Crippen LogP contribution in [0, 0.1) is 0 Å². The number of carbonyl (C=O) groups excluding carboxylic acids is 1. The van der Waals surface area contributed by atoms with Crippen molar-refractivity contribution in [3.63, 3.8) is 0 Å². The molecule has 0 saturated carbocycles. The van der Waals surface area contributed by atoms with Crippen LogP contribution in [0.2, 0.25) is 0 Å². The first-order valence-corrected chi connectivity index (χ1v) is 6.50. The molecule has 2 aromatic rings. The lowest BCUT2D eigenvalue weighted by molar-refractivity contribution is -0.126. The molecule has 2 aromatic carbocycles. The minimum atomic E-state index is -0.498. The van der Waals surface area contributed by atoms with Crippen LogP contribution >= 0.6 is 0 Å². The number of ether oxygens (including phenoxy) is 1. The van der Waals surface area contributed by atoms with Gasteiger partial charge in [-0.05, 0) is 29.8 Å². The maximum atomic E-state index is 12.1. The number of rotatable bonds is 3. The minimum absolute atomic E-state index is 0.0518. The first-order chi connectivity index (χ1) is 9.72. The SMILES string of the molecule is COc1cccc([C@@H]2[C@@H](N)C(=O)N2c2ccccc2)c1. The number of nitrogens with two attached hydrogens (primary N) is 1. The van der Waals surface area contributed by atoms with E-state index < -0.39 is 6.04 Å². The Hall–Kier alpha value is -2.33. The summed E-state index contributed by atoms with van der Waals surface area (Å²) in [7, 11) is 1.62. The van der Waals surface area contributed by atoms with Crippen LogP contribution in [0.25, 0.3) is 0 Å². The lowest BCUT2D eigenvalue weighted by atomic mass is 9.88. The highest BCUT2D eigenvalue weighted by molar-refractivity contribution is 6.05. The predicted molar refractivity (Wildman–Crippen MR) is 77.6 cm³/mol. The maximum absolute atomic E-state index is 12.1. The third-order valence-corrected chi connectivity index (χ3v) is 3.61. The molecule has 0 unspecified atom stereocenters. The molecule has 3 rings (SSSR count). The van der Waals surface area contributed by atoms with Crippen LogP contribution in [-0.4, -0.2) is 19.1 Å². The van der Waals surface area contributed by atoms with Gasteiger partial charge in [0.05, 0.1) is 13.2 Å². The highest BCUT2D eigenvalue weighted by Crippen LogP contribution is 2.38. The standard InChI is InChI=1S/C16H16N2O2/c1-20-13-9-5-6-11(10-13)15-14(17)16(19)18(15)12-7-3-2-4-8-12/h2-10,14-15H,17H2,1H3/t14-,15-/m1/s1. The van der Waals surface area contributed by atoms with Crippen LogP contribution in [0.4, 0.5) is 5.69 Å². The van der Waals surface area contributed by atoms with Gasteiger partial charge in [-0.2, -0.15) is 0 Å². The molecule has 0 bridgehead atoms. The molecule has 1 heterocycles. The van der Waals surface area contributed by atoms with Gasteiger partial charge in [-0.15, -0.1) is 0 Å². The third kappa shape index (κ3) is 1.94. The predicted octanol–water partition coefficient (Wildman–Crippen LogP) is 2.11. The van der Waals surface area contributed by atoms with Crippen LogP contribution in [0.3, 0.4) is 0 Å². The lowest BCUT2D eigenvalue weighted by Crippen LogP contribution is -2.63. The van der Waals surface area contributed by atoms with Gasteiger partial charge in [-0.3, -0.25) is 4.79 Å². The van der Waals surface area contributed by atoms with Gasteiger partial charge in [0.15, 0.2) is 0 Å². The largest absolute Gasteiger partial charge is 0.497 e. The van der Waals surface area contributed by atoms with Crippen LogP contribution in [0.5, 0.6) is 5.75 Å². The quantitative estimate of drug-likeness (QED) is 0.867. The Kier molecular flexibility index (Phi) is 3.16. The Morgan fingerprint density at radius 3 is 2.55 bits per heavy atom. The average Bonchev–Trinajstić information content (AvgIpc) is 2.52. The summed E-state index contributed by atoms with van der Waals surface area (Å²) in [6.07, 6.45) is 0. The first-order valence-electron chi connectivity index (χ1n) is 6.50. The molecule has 2 atom stereocenters. The van der Waals surface area contributed by atoms with E-state index in [1.165, 1.54) is 0 Å². The van der Waals surface area contributed by atoms with Crippen molar-refractivity contribution in [2.75, 3.05) is 12.0 Å². The van der Waals surface area contributed by atoms with Crippen LogP contribution in [0.15, 0.2) is 54.6 Å². The van der Waals surface area contributed by atoms with E-state index in [4.69, 9.17) is 10.5 Å². The van der Waals surface area contributed by atoms with Gasteiger partial charge in [-0.1, -0.05) is 30.3 Å². The van der Waals surface area contributed by atoms with Gasteiger partial charge in [0, 0.05) is 5.69 Å². The summed E-state index contributed by atoms with van der Waals surface area (Å²) in [6.45, 7) is 0. The van der Waals surface area contributed by atoms with Crippen LogP contribution in [-0.2, 0) is 4.79 Å². The van der Waals surface area contributed by atoms with Crippen molar-refractivity contribution >= 4 is 11.6 Å². The Labute approximate surface area is 117 Å². The zero-order chi connectivity index (χ0) is 14.1. The van der Waals surface area contributed by atoms with Gasteiger partial charge in [-0.25, -0.2) is 0 Å². The Bertz CT molecular complexity index is 627. The molecule has 4 nitrogen and oxygen atoms in total. The number of amides is 1. The highest BCUT2D eigenvalue weighted by atomic mass is 16.5. The van der Waals surface area contributed by atoms with Crippen molar-refractivity contribution < 1.29 is 9.53 Å². The zero-order valence-corrected chi connectivity index (χ0v) is 11.2. The monoisotopic (exact) mass is 268 g/mol. The molecule has 1 fully saturated rings.